The minimum atomic E-state index is 0.311. The minimum Gasteiger partial charge on any atom is -0.381 e. The number of pyridine rings is 2. The van der Waals surface area contributed by atoms with Gasteiger partial charge in [-0.05, 0) is 62.9 Å². The molecule has 0 spiro atoms. The Hall–Kier alpha value is -2.06. The van der Waals surface area contributed by atoms with Crippen molar-refractivity contribution < 1.29 is 0 Å². The maximum Gasteiger partial charge on any atom is 0.127 e. The molecule has 2 fully saturated rings. The lowest BCUT2D eigenvalue weighted by Crippen LogP contribution is -2.35. The maximum atomic E-state index is 4.77. The normalized spacial score (nSPS) is 19.2. The third-order valence-electron chi connectivity index (χ3n) is 5.81. The van der Waals surface area contributed by atoms with E-state index in [0.29, 0.717) is 17.3 Å². The Morgan fingerprint density at radius 2 is 2.00 bits per heavy atom. The summed E-state index contributed by atoms with van der Waals surface area (Å²) in [5.41, 5.74) is 6.06. The number of rotatable bonds is 9. The number of hydrogen-bond acceptors (Lipinski definition) is 8. The summed E-state index contributed by atoms with van der Waals surface area (Å²) in [7, 11) is 0. The minimum absolute atomic E-state index is 0.311. The lowest BCUT2D eigenvalue weighted by atomic mass is 10.1. The van der Waals surface area contributed by atoms with Crippen LogP contribution in [0.4, 0.5) is 11.5 Å². The van der Waals surface area contributed by atoms with E-state index in [4.69, 9.17) is 4.98 Å². The molecule has 4 N–H and O–H groups in total. The van der Waals surface area contributed by atoms with Crippen LogP contribution in [0.1, 0.15) is 38.5 Å². The van der Waals surface area contributed by atoms with E-state index in [9.17, 15) is 0 Å². The molecule has 2 aromatic heterocycles. The molecule has 1 saturated heterocycles. The molecule has 0 radical (unpaired) electrons. The summed E-state index contributed by atoms with van der Waals surface area (Å²) in [6.45, 7) is 5.74. The van der Waals surface area contributed by atoms with Crippen molar-refractivity contribution in [1.29, 1.82) is 0 Å². The van der Waals surface area contributed by atoms with Gasteiger partial charge in [-0.15, -0.1) is 11.8 Å². The Balaban J connectivity index is 1.36. The molecule has 4 rings (SSSR count). The van der Waals surface area contributed by atoms with E-state index >= 15 is 0 Å². The van der Waals surface area contributed by atoms with Crippen molar-refractivity contribution in [3.8, 4) is 0 Å². The van der Waals surface area contributed by atoms with Crippen molar-refractivity contribution in [3.63, 3.8) is 0 Å². The summed E-state index contributed by atoms with van der Waals surface area (Å²) in [5.74, 6) is 2.33. The van der Waals surface area contributed by atoms with Gasteiger partial charge in [0.15, 0.2) is 0 Å². The van der Waals surface area contributed by atoms with E-state index in [2.05, 4.69) is 44.2 Å². The van der Waals surface area contributed by atoms with Crippen LogP contribution in [0.5, 0.6) is 0 Å². The molecule has 1 aliphatic heterocycles. The Morgan fingerprint density at radius 3 is 2.79 bits per heavy atom. The summed E-state index contributed by atoms with van der Waals surface area (Å²) in [5, 5.41) is 14.7. The molecule has 2 aliphatic rings. The second-order valence-electron chi connectivity index (χ2n) is 7.87. The van der Waals surface area contributed by atoms with Crippen LogP contribution < -0.4 is 21.4 Å². The monoisotopic (exact) mass is 413 g/mol. The van der Waals surface area contributed by atoms with Crippen molar-refractivity contribution in [2.75, 3.05) is 29.6 Å². The lowest BCUT2D eigenvalue weighted by molar-refractivity contribution is 0.467. The Labute approximate surface area is 176 Å². The first-order chi connectivity index (χ1) is 14.3. The number of fused-ring (bicyclic) bond motifs is 1. The fourth-order valence-electron chi connectivity index (χ4n) is 4.22. The smallest absolute Gasteiger partial charge is 0.127 e. The number of nitrogens with one attached hydrogen (secondary N) is 4. The molecular weight excluding hydrogens is 382 g/mol. The van der Waals surface area contributed by atoms with Crippen LogP contribution in [0.2, 0.25) is 0 Å². The van der Waals surface area contributed by atoms with Crippen molar-refractivity contribution in [3.05, 3.63) is 24.4 Å². The zero-order valence-electron chi connectivity index (χ0n) is 16.9. The van der Waals surface area contributed by atoms with E-state index in [0.717, 1.165) is 54.3 Å². The van der Waals surface area contributed by atoms with Crippen LogP contribution in [0.3, 0.4) is 0 Å². The number of hydrogen-bond donors (Lipinski definition) is 4. The van der Waals surface area contributed by atoms with Gasteiger partial charge in [0, 0.05) is 12.8 Å². The first kappa shape index (κ1) is 20.2. The van der Waals surface area contributed by atoms with Crippen LogP contribution in [0.15, 0.2) is 29.5 Å². The highest BCUT2D eigenvalue weighted by atomic mass is 32.2. The molecule has 0 aromatic carbocycles. The number of anilines is 2. The van der Waals surface area contributed by atoms with Gasteiger partial charge in [0.25, 0.3) is 0 Å². The molecule has 0 amide bonds. The van der Waals surface area contributed by atoms with Gasteiger partial charge in [0.05, 0.1) is 34.2 Å². The SMILES string of the molecule is C=NNC(SCNc1ccc2ncc(NC3CCNCC3)cc2n1)C1CCCC1. The molecule has 156 valence electrons. The predicted octanol–water partition coefficient (Wildman–Crippen LogP) is 3.62. The maximum absolute atomic E-state index is 4.77. The highest BCUT2D eigenvalue weighted by Gasteiger charge is 2.24. The molecule has 8 heteroatoms. The molecular formula is C21H31N7S. The third-order valence-corrected chi connectivity index (χ3v) is 6.97. The van der Waals surface area contributed by atoms with Gasteiger partial charge in [-0.2, -0.15) is 5.10 Å². The van der Waals surface area contributed by atoms with E-state index in [1.165, 1.54) is 25.7 Å². The first-order valence-electron chi connectivity index (χ1n) is 10.6. The second-order valence-corrected chi connectivity index (χ2v) is 9.00. The molecule has 2 aromatic rings. The molecule has 1 saturated carbocycles. The van der Waals surface area contributed by atoms with Crippen molar-refractivity contribution in [2.24, 2.45) is 11.0 Å². The van der Waals surface area contributed by atoms with Gasteiger partial charge in [0.1, 0.15) is 5.82 Å². The summed E-state index contributed by atoms with van der Waals surface area (Å²) in [4.78, 5) is 9.34. The van der Waals surface area contributed by atoms with Crippen LogP contribution in [-0.4, -0.2) is 47.1 Å². The van der Waals surface area contributed by atoms with Gasteiger partial charge in [0.2, 0.25) is 0 Å². The van der Waals surface area contributed by atoms with Crippen molar-refractivity contribution >= 4 is 41.0 Å². The fraction of sp³-hybridized carbons (Fsp3) is 0.571. The van der Waals surface area contributed by atoms with Crippen LogP contribution in [0.25, 0.3) is 11.0 Å². The number of nitrogens with zero attached hydrogens (tertiary/aromatic N) is 3. The summed E-state index contributed by atoms with van der Waals surface area (Å²) in [6, 6.07) is 6.64. The standard InChI is InChI=1S/C21H31N7S/c1-22-28-21(15-4-2-3-5-15)29-14-25-20-7-6-18-19(27-20)12-17(13-24-18)26-16-8-10-23-11-9-16/h6-7,12-13,15-16,21,23,26,28H,1-5,8-11,14H2,(H,25,27). The number of aromatic nitrogens is 2. The van der Waals surface area contributed by atoms with Crippen molar-refractivity contribution in [2.45, 2.75) is 49.9 Å². The van der Waals surface area contributed by atoms with E-state index in [1.807, 2.05) is 30.1 Å². The van der Waals surface area contributed by atoms with E-state index in [1.54, 1.807) is 0 Å². The molecule has 3 heterocycles. The van der Waals surface area contributed by atoms with Gasteiger partial charge < -0.3 is 16.0 Å². The molecule has 1 aliphatic carbocycles. The predicted molar refractivity (Wildman–Crippen MR) is 124 cm³/mol. The van der Waals surface area contributed by atoms with E-state index < -0.39 is 0 Å². The number of hydrazone groups is 1. The third kappa shape index (κ3) is 5.51. The van der Waals surface area contributed by atoms with Gasteiger partial charge >= 0.3 is 0 Å². The molecule has 7 nitrogen and oxygen atoms in total. The van der Waals surface area contributed by atoms with Gasteiger partial charge in [-0.25, -0.2) is 4.98 Å². The molecule has 0 bridgehead atoms. The zero-order valence-corrected chi connectivity index (χ0v) is 17.7. The largest absolute Gasteiger partial charge is 0.381 e. The Bertz CT molecular complexity index is 803. The quantitative estimate of drug-likeness (QED) is 0.284. The summed E-state index contributed by atoms with van der Waals surface area (Å²) < 4.78 is 0. The Kier molecular flexibility index (Phi) is 7.05. The fourth-order valence-corrected chi connectivity index (χ4v) is 5.32. The summed E-state index contributed by atoms with van der Waals surface area (Å²) in [6.07, 6.45) is 9.37. The summed E-state index contributed by atoms with van der Waals surface area (Å²) >= 11 is 1.84. The average molecular weight is 414 g/mol. The molecule has 1 unspecified atom stereocenters. The van der Waals surface area contributed by atoms with Gasteiger partial charge in [-0.1, -0.05) is 12.8 Å². The highest BCUT2D eigenvalue weighted by molar-refractivity contribution is 7.99. The Morgan fingerprint density at radius 1 is 1.17 bits per heavy atom. The lowest BCUT2D eigenvalue weighted by Gasteiger charge is -2.24. The second kappa shape index (κ2) is 10.1. The zero-order chi connectivity index (χ0) is 19.9. The topological polar surface area (TPSA) is 86.3 Å². The molecule has 29 heavy (non-hydrogen) atoms. The number of piperidine rings is 1. The highest BCUT2D eigenvalue weighted by Crippen LogP contribution is 2.32. The average Bonchev–Trinajstić information content (AvgIpc) is 3.28. The van der Waals surface area contributed by atoms with Gasteiger partial charge in [-0.3, -0.25) is 10.4 Å². The first-order valence-corrected chi connectivity index (χ1v) is 11.7. The molecule has 1 atom stereocenters. The van der Waals surface area contributed by atoms with Crippen LogP contribution in [0, 0.1) is 5.92 Å². The van der Waals surface area contributed by atoms with Crippen molar-refractivity contribution in [1.82, 2.24) is 20.7 Å². The van der Waals surface area contributed by atoms with Crippen LogP contribution in [-0.2, 0) is 0 Å². The number of thioether (sulfide) groups is 1. The van der Waals surface area contributed by atoms with Crippen LogP contribution >= 0.6 is 11.8 Å². The van der Waals surface area contributed by atoms with E-state index in [-0.39, 0.29) is 0 Å².